The molecule has 1 aromatic heterocycles. The van der Waals surface area contributed by atoms with Crippen LogP contribution in [-0.4, -0.2) is 16.2 Å². The maximum absolute atomic E-state index is 5.93. The van der Waals surface area contributed by atoms with Gasteiger partial charge < -0.3 is 9.30 Å². The Balaban J connectivity index is 1.56. The fourth-order valence-electron chi connectivity index (χ4n) is 3.08. The molecule has 0 aliphatic rings. The number of benzene rings is 3. The Morgan fingerprint density at radius 2 is 1.59 bits per heavy atom. The monoisotopic (exact) mass is 354 g/mol. The van der Waals surface area contributed by atoms with Crippen LogP contribution in [0.25, 0.3) is 23.2 Å². The second kappa shape index (κ2) is 7.92. The predicted octanol–water partition coefficient (Wildman–Crippen LogP) is 5.59. The summed E-state index contributed by atoms with van der Waals surface area (Å²) in [5.74, 6) is 1.83. The molecular weight excluding hydrogens is 332 g/mol. The molecule has 3 heteroatoms. The van der Waals surface area contributed by atoms with Crippen molar-refractivity contribution in [2.24, 2.45) is 0 Å². The van der Waals surface area contributed by atoms with Crippen LogP contribution >= 0.6 is 0 Å². The van der Waals surface area contributed by atoms with E-state index in [1.165, 1.54) is 5.56 Å². The zero-order valence-electron chi connectivity index (χ0n) is 15.4. The minimum atomic E-state index is 0.593. The van der Waals surface area contributed by atoms with Gasteiger partial charge in [0.25, 0.3) is 0 Å². The van der Waals surface area contributed by atoms with Gasteiger partial charge in [-0.05, 0) is 42.8 Å². The van der Waals surface area contributed by atoms with Gasteiger partial charge in [0.1, 0.15) is 18.2 Å². The van der Waals surface area contributed by atoms with Crippen molar-refractivity contribution in [3.63, 3.8) is 0 Å². The number of hydrogen-bond acceptors (Lipinski definition) is 2. The number of aryl methyl sites for hydroxylation is 1. The molecular formula is C24H22N2O. The molecule has 0 saturated carbocycles. The molecule has 134 valence electrons. The SMILES string of the molecule is Cc1ccc(OCCn2c(C=Cc3ccccc3)nc3ccccc32)cc1. The molecule has 0 radical (unpaired) electrons. The molecule has 0 amide bonds. The van der Waals surface area contributed by atoms with E-state index in [1.807, 2.05) is 48.5 Å². The second-order valence-electron chi connectivity index (χ2n) is 6.52. The minimum absolute atomic E-state index is 0.593. The topological polar surface area (TPSA) is 27.1 Å². The molecule has 4 rings (SSSR count). The lowest BCUT2D eigenvalue weighted by molar-refractivity contribution is 0.299. The summed E-state index contributed by atoms with van der Waals surface area (Å²) < 4.78 is 8.14. The summed E-state index contributed by atoms with van der Waals surface area (Å²) in [6, 6.07) is 26.7. The number of nitrogens with zero attached hydrogens (tertiary/aromatic N) is 2. The van der Waals surface area contributed by atoms with Gasteiger partial charge in [-0.3, -0.25) is 0 Å². The first kappa shape index (κ1) is 17.1. The summed E-state index contributed by atoms with van der Waals surface area (Å²) in [7, 11) is 0. The molecule has 0 spiro atoms. The Kier molecular flexibility index (Phi) is 5.01. The standard InChI is InChI=1S/C24H22N2O/c1-19-11-14-21(15-12-19)27-18-17-26-23-10-6-5-9-22(23)25-24(26)16-13-20-7-3-2-4-8-20/h2-16H,17-18H2,1H3. The van der Waals surface area contributed by atoms with Crippen molar-refractivity contribution < 1.29 is 4.74 Å². The molecule has 0 aliphatic carbocycles. The van der Waals surface area contributed by atoms with E-state index in [-0.39, 0.29) is 0 Å². The number of ether oxygens (including phenoxy) is 1. The maximum Gasteiger partial charge on any atom is 0.133 e. The molecule has 4 aromatic rings. The second-order valence-corrected chi connectivity index (χ2v) is 6.52. The normalized spacial score (nSPS) is 11.3. The Morgan fingerprint density at radius 1 is 0.852 bits per heavy atom. The zero-order chi connectivity index (χ0) is 18.5. The number of imidazole rings is 1. The highest BCUT2D eigenvalue weighted by molar-refractivity contribution is 5.79. The van der Waals surface area contributed by atoms with Crippen LogP contribution in [-0.2, 0) is 6.54 Å². The molecule has 1 heterocycles. The highest BCUT2D eigenvalue weighted by Crippen LogP contribution is 2.19. The van der Waals surface area contributed by atoms with E-state index in [2.05, 4.69) is 54.0 Å². The third kappa shape index (κ3) is 4.09. The summed E-state index contributed by atoms with van der Waals surface area (Å²) in [6.45, 7) is 3.41. The van der Waals surface area contributed by atoms with Crippen molar-refractivity contribution in [2.75, 3.05) is 6.61 Å². The maximum atomic E-state index is 5.93. The molecule has 0 saturated heterocycles. The quantitative estimate of drug-likeness (QED) is 0.451. The van der Waals surface area contributed by atoms with Crippen molar-refractivity contribution in [3.05, 3.63) is 95.8 Å². The first-order valence-electron chi connectivity index (χ1n) is 9.17. The Hall–Kier alpha value is -3.33. The number of para-hydroxylation sites is 2. The third-order valence-electron chi connectivity index (χ3n) is 4.51. The zero-order valence-corrected chi connectivity index (χ0v) is 15.4. The molecule has 27 heavy (non-hydrogen) atoms. The average Bonchev–Trinajstić information content (AvgIpc) is 3.06. The molecule has 0 fully saturated rings. The largest absolute Gasteiger partial charge is 0.492 e. The van der Waals surface area contributed by atoms with E-state index in [9.17, 15) is 0 Å². The van der Waals surface area contributed by atoms with E-state index in [4.69, 9.17) is 9.72 Å². The lowest BCUT2D eigenvalue weighted by atomic mass is 10.2. The number of rotatable bonds is 6. The van der Waals surface area contributed by atoms with Gasteiger partial charge >= 0.3 is 0 Å². The van der Waals surface area contributed by atoms with E-state index < -0.39 is 0 Å². The van der Waals surface area contributed by atoms with Gasteiger partial charge in [-0.2, -0.15) is 0 Å². The molecule has 0 N–H and O–H groups in total. The van der Waals surface area contributed by atoms with E-state index in [1.54, 1.807) is 0 Å². The van der Waals surface area contributed by atoms with E-state index >= 15 is 0 Å². The van der Waals surface area contributed by atoms with E-state index in [0.29, 0.717) is 6.61 Å². The molecule has 0 unspecified atom stereocenters. The van der Waals surface area contributed by atoms with Crippen LogP contribution in [0.2, 0.25) is 0 Å². The third-order valence-corrected chi connectivity index (χ3v) is 4.51. The molecule has 0 bridgehead atoms. The smallest absolute Gasteiger partial charge is 0.133 e. The molecule has 3 nitrogen and oxygen atoms in total. The van der Waals surface area contributed by atoms with Gasteiger partial charge in [0.15, 0.2) is 0 Å². The van der Waals surface area contributed by atoms with Crippen LogP contribution in [0.4, 0.5) is 0 Å². The first-order chi connectivity index (χ1) is 13.3. The van der Waals surface area contributed by atoms with Gasteiger partial charge in [0.05, 0.1) is 17.6 Å². The summed E-state index contributed by atoms with van der Waals surface area (Å²) in [4.78, 5) is 4.79. The van der Waals surface area contributed by atoms with E-state index in [0.717, 1.165) is 34.7 Å². The van der Waals surface area contributed by atoms with Crippen LogP contribution < -0.4 is 4.74 Å². The highest BCUT2D eigenvalue weighted by Gasteiger charge is 2.08. The van der Waals surface area contributed by atoms with Crippen LogP contribution in [0.3, 0.4) is 0 Å². The van der Waals surface area contributed by atoms with Crippen molar-refractivity contribution in [3.8, 4) is 5.75 Å². The van der Waals surface area contributed by atoms with Crippen LogP contribution in [0.1, 0.15) is 17.0 Å². The van der Waals surface area contributed by atoms with Gasteiger partial charge in [-0.15, -0.1) is 0 Å². The molecule has 0 aliphatic heterocycles. The average molecular weight is 354 g/mol. The number of fused-ring (bicyclic) bond motifs is 1. The lowest BCUT2D eigenvalue weighted by Crippen LogP contribution is -2.09. The van der Waals surface area contributed by atoms with Crippen molar-refractivity contribution in [2.45, 2.75) is 13.5 Å². The van der Waals surface area contributed by atoms with Gasteiger partial charge in [0.2, 0.25) is 0 Å². The van der Waals surface area contributed by atoms with Crippen molar-refractivity contribution >= 4 is 23.2 Å². The van der Waals surface area contributed by atoms with Crippen molar-refractivity contribution in [1.29, 1.82) is 0 Å². The Bertz CT molecular complexity index is 1050. The summed E-state index contributed by atoms with van der Waals surface area (Å²) in [5.41, 5.74) is 4.52. The summed E-state index contributed by atoms with van der Waals surface area (Å²) >= 11 is 0. The van der Waals surface area contributed by atoms with Gasteiger partial charge in [-0.25, -0.2) is 4.98 Å². The predicted molar refractivity (Wildman–Crippen MR) is 112 cm³/mol. The fraction of sp³-hybridized carbons (Fsp3) is 0.125. The minimum Gasteiger partial charge on any atom is -0.492 e. The number of hydrogen-bond donors (Lipinski definition) is 0. The van der Waals surface area contributed by atoms with Crippen molar-refractivity contribution in [1.82, 2.24) is 9.55 Å². The van der Waals surface area contributed by atoms with Gasteiger partial charge in [-0.1, -0.05) is 66.2 Å². The van der Waals surface area contributed by atoms with Crippen LogP contribution in [0, 0.1) is 6.92 Å². The Labute approximate surface area is 159 Å². The summed E-state index contributed by atoms with van der Waals surface area (Å²) in [5, 5.41) is 0. The van der Waals surface area contributed by atoms with Crippen LogP contribution in [0.15, 0.2) is 78.9 Å². The van der Waals surface area contributed by atoms with Gasteiger partial charge in [0, 0.05) is 0 Å². The molecule has 0 atom stereocenters. The molecule has 3 aromatic carbocycles. The summed E-state index contributed by atoms with van der Waals surface area (Å²) in [6.07, 6.45) is 4.17. The number of aromatic nitrogens is 2. The lowest BCUT2D eigenvalue weighted by Gasteiger charge is -2.10. The van der Waals surface area contributed by atoms with Crippen LogP contribution in [0.5, 0.6) is 5.75 Å². The highest BCUT2D eigenvalue weighted by atomic mass is 16.5. The Morgan fingerprint density at radius 3 is 2.41 bits per heavy atom. The fourth-order valence-corrected chi connectivity index (χ4v) is 3.08. The first-order valence-corrected chi connectivity index (χ1v) is 9.17.